The molecule has 1 unspecified atom stereocenters. The Hall–Kier alpha value is -0.396. The van der Waals surface area contributed by atoms with E-state index in [-0.39, 0.29) is 11.7 Å². The molecule has 0 heterocycles. The van der Waals surface area contributed by atoms with Gasteiger partial charge in [0.25, 0.3) is 0 Å². The first-order chi connectivity index (χ1) is 7.20. The number of carbonyl (C=O) groups excluding carboxylic acids is 1. The zero-order valence-corrected chi connectivity index (χ0v) is 13.4. The maximum absolute atomic E-state index is 11.5. The second-order valence-corrected chi connectivity index (χ2v) is 11.7. The predicted octanol–water partition coefficient (Wildman–Crippen LogP) is 2.63. The van der Waals surface area contributed by atoms with Gasteiger partial charge in [0.1, 0.15) is 5.73 Å². The molecule has 94 valence electrons. The Bertz CT molecular complexity index is 262. The molecule has 0 radical (unpaired) electrons. The molecule has 1 atom stereocenters. The predicted molar refractivity (Wildman–Crippen MR) is 72.4 cm³/mol. The summed E-state index contributed by atoms with van der Waals surface area (Å²) in [5.74, 6) is -0.304. The van der Waals surface area contributed by atoms with E-state index in [1.165, 1.54) is 0 Å². The monoisotopic (exact) mass is 260 g/mol. The molecule has 0 saturated carbocycles. The average Bonchev–Trinajstić information content (AvgIpc) is 2.10. The maximum atomic E-state index is 11.5. The molecule has 0 N–H and O–H groups in total. The molecule has 0 saturated heterocycles. The van der Waals surface area contributed by atoms with Crippen LogP contribution >= 0.6 is 0 Å². The number of rotatable bonds is 6. The van der Waals surface area contributed by atoms with Crippen molar-refractivity contribution < 1.29 is 13.6 Å². The molecule has 0 aromatic carbocycles. The molecule has 3 nitrogen and oxygen atoms in total. The van der Waals surface area contributed by atoms with Crippen LogP contribution in [0, 0.1) is 0 Å². The molecule has 0 rings (SSSR count). The highest BCUT2D eigenvalue weighted by Gasteiger charge is 2.36. The summed E-state index contributed by atoms with van der Waals surface area (Å²) in [6.45, 7) is 15.8. The van der Waals surface area contributed by atoms with Crippen LogP contribution in [0.5, 0.6) is 0 Å². The lowest BCUT2D eigenvalue weighted by molar-refractivity contribution is -0.141. The third kappa shape index (κ3) is 5.09. The van der Waals surface area contributed by atoms with E-state index in [9.17, 15) is 4.79 Å². The molecule has 0 amide bonds. The van der Waals surface area contributed by atoms with E-state index >= 15 is 0 Å². The fraction of sp³-hybridized carbons (Fsp3) is 0.727. The van der Waals surface area contributed by atoms with E-state index in [1.807, 2.05) is 6.92 Å². The lowest BCUT2D eigenvalue weighted by Gasteiger charge is -2.33. The Kier molecular flexibility index (Phi) is 6.21. The number of hydrogen-bond acceptors (Lipinski definition) is 3. The van der Waals surface area contributed by atoms with E-state index < -0.39 is 17.4 Å². The fourth-order valence-electron chi connectivity index (χ4n) is 1.63. The smallest absolute Gasteiger partial charge is 0.333 e. The van der Waals surface area contributed by atoms with Crippen LogP contribution in [0.4, 0.5) is 0 Å². The van der Waals surface area contributed by atoms with Crippen molar-refractivity contribution in [2.75, 3.05) is 0 Å². The van der Waals surface area contributed by atoms with Crippen molar-refractivity contribution >= 4 is 23.3 Å². The lowest BCUT2D eigenvalue weighted by atomic mass is 10.4. The summed E-state index contributed by atoms with van der Waals surface area (Å²) in [6.07, 6.45) is 0.805. The fourth-order valence-corrected chi connectivity index (χ4v) is 8.47. The van der Waals surface area contributed by atoms with Gasteiger partial charge in [0.15, 0.2) is 9.04 Å². The van der Waals surface area contributed by atoms with Crippen molar-refractivity contribution in [2.45, 2.75) is 52.2 Å². The SMILES string of the molecule is C=C(C)C(=O)OC(CC)[Si](C)(C)O[SiH](C)C. The van der Waals surface area contributed by atoms with Crippen LogP contribution in [0.2, 0.25) is 26.2 Å². The van der Waals surface area contributed by atoms with Crippen LogP contribution in [-0.2, 0) is 13.6 Å². The Balaban J connectivity index is 4.59. The van der Waals surface area contributed by atoms with Crippen LogP contribution in [-0.4, -0.2) is 29.1 Å². The van der Waals surface area contributed by atoms with Gasteiger partial charge in [0, 0.05) is 5.57 Å². The summed E-state index contributed by atoms with van der Waals surface area (Å²) < 4.78 is 11.5. The minimum atomic E-state index is -1.93. The zero-order valence-electron chi connectivity index (χ0n) is 11.3. The van der Waals surface area contributed by atoms with Crippen molar-refractivity contribution in [3.63, 3.8) is 0 Å². The largest absolute Gasteiger partial charge is 0.460 e. The van der Waals surface area contributed by atoms with Crippen LogP contribution in [0.3, 0.4) is 0 Å². The number of esters is 1. The van der Waals surface area contributed by atoms with E-state index in [0.717, 1.165) is 6.42 Å². The Morgan fingerprint density at radius 2 is 1.94 bits per heavy atom. The zero-order chi connectivity index (χ0) is 12.9. The van der Waals surface area contributed by atoms with Crippen molar-refractivity contribution in [1.82, 2.24) is 0 Å². The summed E-state index contributed by atoms with van der Waals surface area (Å²) in [4.78, 5) is 11.5. The normalized spacial score (nSPS) is 13.7. The lowest BCUT2D eigenvalue weighted by Crippen LogP contribution is -2.49. The second kappa shape index (κ2) is 6.37. The van der Waals surface area contributed by atoms with Gasteiger partial charge in [-0.15, -0.1) is 0 Å². The van der Waals surface area contributed by atoms with Crippen LogP contribution in [0.15, 0.2) is 12.2 Å². The second-order valence-electron chi connectivity index (χ2n) is 4.85. The van der Waals surface area contributed by atoms with E-state index in [4.69, 9.17) is 8.85 Å². The summed E-state index contributed by atoms with van der Waals surface area (Å²) in [5.41, 5.74) is 0.372. The van der Waals surface area contributed by atoms with Crippen LogP contribution in [0.1, 0.15) is 20.3 Å². The summed E-state index contributed by atoms with van der Waals surface area (Å²) >= 11 is 0. The molecule has 0 bridgehead atoms. The first-order valence-electron chi connectivity index (χ1n) is 5.75. The topological polar surface area (TPSA) is 35.5 Å². The van der Waals surface area contributed by atoms with Gasteiger partial charge in [-0.2, -0.15) is 0 Å². The molecule has 16 heavy (non-hydrogen) atoms. The van der Waals surface area contributed by atoms with Gasteiger partial charge >= 0.3 is 5.97 Å². The highest BCUT2D eigenvalue weighted by molar-refractivity contribution is 6.78. The molecular weight excluding hydrogens is 236 g/mol. The minimum Gasteiger partial charge on any atom is -0.460 e. The Morgan fingerprint density at radius 3 is 2.25 bits per heavy atom. The van der Waals surface area contributed by atoms with Gasteiger partial charge in [-0.3, -0.25) is 0 Å². The highest BCUT2D eigenvalue weighted by atomic mass is 28.4. The summed E-state index contributed by atoms with van der Waals surface area (Å²) in [7, 11) is -3.01. The van der Waals surface area contributed by atoms with E-state index in [0.29, 0.717) is 5.57 Å². The Labute approximate surface area is 102 Å². The van der Waals surface area contributed by atoms with E-state index in [2.05, 4.69) is 32.8 Å². The number of ether oxygens (including phenoxy) is 1. The molecule has 0 spiro atoms. The van der Waals surface area contributed by atoms with Gasteiger partial charge in [0.05, 0.1) is 0 Å². The average molecular weight is 260 g/mol. The van der Waals surface area contributed by atoms with Crippen LogP contribution < -0.4 is 0 Å². The molecule has 0 aromatic rings. The van der Waals surface area contributed by atoms with Crippen molar-refractivity contribution in [1.29, 1.82) is 0 Å². The number of carbonyl (C=O) groups is 1. The maximum Gasteiger partial charge on any atom is 0.333 e. The van der Waals surface area contributed by atoms with Crippen molar-refractivity contribution in [2.24, 2.45) is 0 Å². The molecule has 0 aromatic heterocycles. The molecule has 0 fully saturated rings. The number of hydrogen-bond donors (Lipinski definition) is 0. The minimum absolute atomic E-state index is 0.0772. The van der Waals surface area contributed by atoms with Crippen LogP contribution in [0.25, 0.3) is 0 Å². The Morgan fingerprint density at radius 1 is 1.44 bits per heavy atom. The van der Waals surface area contributed by atoms with Gasteiger partial charge in [0.2, 0.25) is 8.32 Å². The standard InChI is InChI=1S/C11H24O3Si2/c1-8-10(13-11(12)9(2)3)16(6,7)14-15(4)5/h10,15H,2,8H2,1,3-7H3. The molecule has 0 aliphatic carbocycles. The van der Waals surface area contributed by atoms with Gasteiger partial charge in [-0.1, -0.05) is 13.5 Å². The van der Waals surface area contributed by atoms with Gasteiger partial charge in [-0.05, 0) is 39.5 Å². The third-order valence-corrected chi connectivity index (χ3v) is 8.68. The highest BCUT2D eigenvalue weighted by Crippen LogP contribution is 2.19. The third-order valence-electron chi connectivity index (χ3n) is 2.28. The van der Waals surface area contributed by atoms with Crippen molar-refractivity contribution in [3.8, 4) is 0 Å². The first-order valence-corrected chi connectivity index (χ1v) is 11.5. The summed E-state index contributed by atoms with van der Waals surface area (Å²) in [6, 6.07) is 0. The quantitative estimate of drug-likeness (QED) is 0.418. The summed E-state index contributed by atoms with van der Waals surface area (Å²) in [5, 5.41) is 0. The molecule has 0 aliphatic heterocycles. The molecule has 0 aliphatic rings. The molecular formula is C11H24O3Si2. The first kappa shape index (κ1) is 15.6. The van der Waals surface area contributed by atoms with Gasteiger partial charge < -0.3 is 8.85 Å². The van der Waals surface area contributed by atoms with E-state index in [1.54, 1.807) is 6.92 Å². The molecule has 5 heteroatoms. The van der Waals surface area contributed by atoms with Crippen molar-refractivity contribution in [3.05, 3.63) is 12.2 Å². The van der Waals surface area contributed by atoms with Gasteiger partial charge in [-0.25, -0.2) is 4.79 Å².